The van der Waals surface area contributed by atoms with E-state index in [4.69, 9.17) is 5.11 Å². The number of fused-ring (bicyclic) bond motifs is 1. The van der Waals surface area contributed by atoms with E-state index in [1.807, 2.05) is 0 Å². The van der Waals surface area contributed by atoms with Crippen LogP contribution >= 0.6 is 0 Å². The van der Waals surface area contributed by atoms with Gasteiger partial charge in [-0.25, -0.2) is 0 Å². The highest BCUT2D eigenvalue weighted by molar-refractivity contribution is 5.76. The van der Waals surface area contributed by atoms with Gasteiger partial charge in [0.25, 0.3) is 0 Å². The van der Waals surface area contributed by atoms with Crippen LogP contribution in [0.5, 0.6) is 0 Å². The molecule has 4 nitrogen and oxygen atoms in total. The summed E-state index contributed by atoms with van der Waals surface area (Å²) < 4.78 is 0. The molecule has 4 heteroatoms. The number of hydrogen-bond acceptors (Lipinski definition) is 2. The number of hydrogen-bond donors (Lipinski definition) is 2. The Morgan fingerprint density at radius 1 is 1.82 bits per heavy atom. The van der Waals surface area contributed by atoms with Gasteiger partial charge in [-0.2, -0.15) is 5.10 Å². The van der Waals surface area contributed by atoms with Crippen LogP contribution in [-0.2, 0) is 11.2 Å². The standard InChI is InChI=1S/C7H8N2O2/c10-7(11)5-2-1-4-3-8-9-6(4)5/h3,5H,1-2H2,(H,8,9)(H,10,11)/t5-/m0/s1. The van der Waals surface area contributed by atoms with Gasteiger partial charge in [-0.1, -0.05) is 0 Å². The third kappa shape index (κ3) is 0.824. The van der Waals surface area contributed by atoms with Gasteiger partial charge in [-0.05, 0) is 18.4 Å². The number of aromatic amines is 1. The van der Waals surface area contributed by atoms with E-state index >= 15 is 0 Å². The summed E-state index contributed by atoms with van der Waals surface area (Å²) in [6.07, 6.45) is 3.25. The minimum Gasteiger partial charge on any atom is -0.481 e. The van der Waals surface area contributed by atoms with Crippen LogP contribution in [0.15, 0.2) is 6.20 Å². The Bertz CT molecular complexity index is 292. The van der Waals surface area contributed by atoms with Crippen LogP contribution in [-0.4, -0.2) is 21.3 Å². The summed E-state index contributed by atoms with van der Waals surface area (Å²) in [5.74, 6) is -1.11. The summed E-state index contributed by atoms with van der Waals surface area (Å²) in [5, 5.41) is 15.2. The van der Waals surface area contributed by atoms with Crippen molar-refractivity contribution in [1.82, 2.24) is 10.2 Å². The molecular weight excluding hydrogens is 144 g/mol. The Morgan fingerprint density at radius 3 is 3.36 bits per heavy atom. The van der Waals surface area contributed by atoms with Crippen molar-refractivity contribution >= 4 is 5.97 Å². The molecule has 0 radical (unpaired) electrons. The number of carboxylic acids is 1. The van der Waals surface area contributed by atoms with Gasteiger partial charge in [0.05, 0.1) is 17.8 Å². The number of carbonyl (C=O) groups is 1. The van der Waals surface area contributed by atoms with Crippen molar-refractivity contribution in [3.8, 4) is 0 Å². The highest BCUT2D eigenvalue weighted by Gasteiger charge is 2.29. The van der Waals surface area contributed by atoms with E-state index in [0.29, 0.717) is 6.42 Å². The van der Waals surface area contributed by atoms with E-state index in [-0.39, 0.29) is 5.92 Å². The van der Waals surface area contributed by atoms with E-state index in [9.17, 15) is 4.79 Å². The average Bonchev–Trinajstić information content (AvgIpc) is 2.41. The molecule has 0 saturated carbocycles. The first-order chi connectivity index (χ1) is 5.29. The second-order valence-electron chi connectivity index (χ2n) is 2.74. The van der Waals surface area contributed by atoms with Crippen molar-refractivity contribution in [2.75, 3.05) is 0 Å². The van der Waals surface area contributed by atoms with Crippen LogP contribution in [0.4, 0.5) is 0 Å². The first-order valence-electron chi connectivity index (χ1n) is 3.54. The number of H-pyrrole nitrogens is 1. The van der Waals surface area contributed by atoms with Crippen LogP contribution < -0.4 is 0 Å². The SMILES string of the molecule is O=C(O)[C@H]1CCc2cn[nH]c21. The Hall–Kier alpha value is -1.32. The van der Waals surface area contributed by atoms with E-state index in [1.54, 1.807) is 6.20 Å². The first kappa shape index (κ1) is 6.39. The molecule has 1 aromatic heterocycles. The smallest absolute Gasteiger partial charge is 0.312 e. The number of aromatic nitrogens is 2. The van der Waals surface area contributed by atoms with E-state index in [1.165, 1.54) is 0 Å². The Morgan fingerprint density at radius 2 is 2.64 bits per heavy atom. The monoisotopic (exact) mass is 152 g/mol. The fourth-order valence-corrected chi connectivity index (χ4v) is 1.51. The molecule has 1 aromatic rings. The van der Waals surface area contributed by atoms with E-state index < -0.39 is 5.97 Å². The molecule has 1 atom stereocenters. The third-order valence-corrected chi connectivity index (χ3v) is 2.10. The van der Waals surface area contributed by atoms with Gasteiger partial charge in [0.15, 0.2) is 0 Å². The molecular formula is C7H8N2O2. The predicted molar refractivity (Wildman–Crippen MR) is 37.3 cm³/mol. The molecule has 0 fully saturated rings. The second-order valence-corrected chi connectivity index (χ2v) is 2.74. The average molecular weight is 152 g/mol. The first-order valence-corrected chi connectivity index (χ1v) is 3.54. The van der Waals surface area contributed by atoms with Crippen LogP contribution in [0.3, 0.4) is 0 Å². The highest BCUT2D eigenvalue weighted by atomic mass is 16.4. The maximum atomic E-state index is 10.6. The number of rotatable bonds is 1. The van der Waals surface area contributed by atoms with Crippen LogP contribution in [0.25, 0.3) is 0 Å². The second kappa shape index (κ2) is 2.08. The van der Waals surface area contributed by atoms with Crippen molar-refractivity contribution in [3.05, 3.63) is 17.5 Å². The molecule has 0 saturated heterocycles. The molecule has 11 heavy (non-hydrogen) atoms. The number of nitrogens with one attached hydrogen (secondary N) is 1. The lowest BCUT2D eigenvalue weighted by Gasteiger charge is -2.00. The molecule has 2 rings (SSSR count). The van der Waals surface area contributed by atoms with Crippen molar-refractivity contribution < 1.29 is 9.90 Å². The lowest BCUT2D eigenvalue weighted by atomic mass is 10.1. The summed E-state index contributed by atoms with van der Waals surface area (Å²) >= 11 is 0. The number of carboxylic acid groups (broad SMARTS) is 1. The van der Waals surface area contributed by atoms with Gasteiger partial charge in [0.1, 0.15) is 0 Å². The van der Waals surface area contributed by atoms with Crippen molar-refractivity contribution in [1.29, 1.82) is 0 Å². The van der Waals surface area contributed by atoms with Gasteiger partial charge in [-0.15, -0.1) is 0 Å². The lowest BCUT2D eigenvalue weighted by molar-refractivity contribution is -0.138. The summed E-state index contributed by atoms with van der Waals surface area (Å²) in [6, 6.07) is 0. The zero-order chi connectivity index (χ0) is 7.84. The predicted octanol–water partition coefficient (Wildman–Crippen LogP) is 0.524. The third-order valence-electron chi connectivity index (χ3n) is 2.10. The Balaban J connectivity index is 2.38. The minimum absolute atomic E-state index is 0.354. The lowest BCUT2D eigenvalue weighted by Crippen LogP contribution is -2.08. The van der Waals surface area contributed by atoms with Crippen molar-refractivity contribution in [2.24, 2.45) is 0 Å². The maximum Gasteiger partial charge on any atom is 0.312 e. The molecule has 0 aliphatic heterocycles. The zero-order valence-corrected chi connectivity index (χ0v) is 5.87. The fourth-order valence-electron chi connectivity index (χ4n) is 1.51. The van der Waals surface area contributed by atoms with Crippen LogP contribution in [0.1, 0.15) is 23.6 Å². The highest BCUT2D eigenvalue weighted by Crippen LogP contribution is 2.30. The van der Waals surface area contributed by atoms with Crippen molar-refractivity contribution in [2.45, 2.75) is 18.8 Å². The normalized spacial score (nSPS) is 21.6. The minimum atomic E-state index is -0.756. The molecule has 58 valence electrons. The Kier molecular flexibility index (Phi) is 1.21. The molecule has 1 heterocycles. The molecule has 0 amide bonds. The molecule has 2 N–H and O–H groups in total. The Labute approximate surface area is 63.2 Å². The van der Waals surface area contributed by atoms with Gasteiger partial charge in [-0.3, -0.25) is 9.89 Å². The largest absolute Gasteiger partial charge is 0.481 e. The summed E-state index contributed by atoms with van der Waals surface area (Å²) in [6.45, 7) is 0. The molecule has 1 aliphatic rings. The maximum absolute atomic E-state index is 10.6. The number of aryl methyl sites for hydroxylation is 1. The van der Waals surface area contributed by atoms with Crippen molar-refractivity contribution in [3.63, 3.8) is 0 Å². The summed E-state index contributed by atoms with van der Waals surface area (Å²) in [7, 11) is 0. The van der Waals surface area contributed by atoms with Crippen LogP contribution in [0, 0.1) is 0 Å². The zero-order valence-electron chi connectivity index (χ0n) is 5.87. The van der Waals surface area contributed by atoms with Gasteiger partial charge in [0.2, 0.25) is 0 Å². The fraction of sp³-hybridized carbons (Fsp3) is 0.429. The quantitative estimate of drug-likeness (QED) is 0.616. The molecule has 0 spiro atoms. The number of nitrogens with zero attached hydrogens (tertiary/aromatic N) is 1. The van der Waals surface area contributed by atoms with Gasteiger partial charge in [0, 0.05) is 0 Å². The molecule has 0 aromatic carbocycles. The molecule has 0 unspecified atom stereocenters. The van der Waals surface area contributed by atoms with E-state index in [0.717, 1.165) is 17.7 Å². The molecule has 0 bridgehead atoms. The van der Waals surface area contributed by atoms with Crippen LogP contribution in [0.2, 0.25) is 0 Å². The summed E-state index contributed by atoms with van der Waals surface area (Å²) in [4.78, 5) is 10.6. The number of aliphatic carboxylic acids is 1. The van der Waals surface area contributed by atoms with Gasteiger partial charge >= 0.3 is 5.97 Å². The topological polar surface area (TPSA) is 66.0 Å². The summed E-state index contributed by atoms with van der Waals surface area (Å²) in [5.41, 5.74) is 1.84. The van der Waals surface area contributed by atoms with Gasteiger partial charge < -0.3 is 5.11 Å². The van der Waals surface area contributed by atoms with E-state index in [2.05, 4.69) is 10.2 Å². The molecule has 1 aliphatic carbocycles.